The predicted octanol–water partition coefficient (Wildman–Crippen LogP) is 5.38. The number of hydrogen-bond donors (Lipinski definition) is 4. The molecule has 7 rings (SSSR count). The van der Waals surface area contributed by atoms with Gasteiger partial charge < -0.3 is 58.8 Å². The lowest BCUT2D eigenvalue weighted by Gasteiger charge is -2.38. The van der Waals surface area contributed by atoms with E-state index in [1.807, 2.05) is 18.3 Å². The Morgan fingerprint density at radius 1 is 0.985 bits per heavy atom. The molecule has 5 amide bonds. The Kier molecular flexibility index (Phi) is 15.2. The standard InChI is InChI=1S/C47H56N8O11/c1-6-19-65-47(61)55-34-25-38(37(62-5)24-33(34)45(60)54-26-29(2)22-36(54)46(55)66-41-12-7-8-20-64-41)63-21-9-11-40(57)50-39-28-53(4)42(51-39)44(59)49-32-15-13-30(14-16-32)31-23-35(52(3)27-31)43(58)48-17-10-18-56/h6,13-16,23-25,27-28,36,41,46,56H,1-2,7-12,17-22,26H2,3-5H3,(H,48,58)(H,49,59)(H,50,57)/t36-,41?,46?/m0/s1. The van der Waals surface area contributed by atoms with Gasteiger partial charge in [0.05, 0.1) is 31.0 Å². The minimum Gasteiger partial charge on any atom is -0.493 e. The number of nitrogens with zero attached hydrogens (tertiary/aromatic N) is 5. The number of benzene rings is 2. The minimum absolute atomic E-state index is 0.00744. The van der Waals surface area contributed by atoms with Crippen molar-refractivity contribution in [2.75, 3.05) is 62.2 Å². The largest absolute Gasteiger partial charge is 0.493 e. The van der Waals surface area contributed by atoms with Gasteiger partial charge in [-0.15, -0.1) is 0 Å². The summed E-state index contributed by atoms with van der Waals surface area (Å²) < 4.78 is 33.1. The van der Waals surface area contributed by atoms with E-state index in [4.69, 9.17) is 28.8 Å². The lowest BCUT2D eigenvalue weighted by Crippen LogP contribution is -2.54. The smallest absolute Gasteiger partial charge is 0.416 e. The van der Waals surface area contributed by atoms with Crippen LogP contribution in [0.15, 0.2) is 79.7 Å². The Morgan fingerprint density at radius 2 is 1.79 bits per heavy atom. The number of nitrogens with one attached hydrogen (secondary N) is 3. The molecule has 0 bridgehead atoms. The van der Waals surface area contributed by atoms with Gasteiger partial charge in [0.2, 0.25) is 11.7 Å². The molecule has 19 heteroatoms. The number of aliphatic hydroxyl groups excluding tert-OH is 1. The van der Waals surface area contributed by atoms with Crippen LogP contribution < -0.4 is 30.3 Å². The van der Waals surface area contributed by atoms with Crippen LogP contribution >= 0.6 is 0 Å². The molecular weight excluding hydrogens is 853 g/mol. The van der Waals surface area contributed by atoms with Gasteiger partial charge in [0.25, 0.3) is 17.7 Å². The van der Waals surface area contributed by atoms with Crippen LogP contribution in [0.5, 0.6) is 11.5 Å². The molecule has 0 aliphatic carbocycles. The Hall–Kier alpha value is -6.96. The van der Waals surface area contributed by atoms with E-state index >= 15 is 0 Å². The number of carbonyl (C=O) groups is 5. The van der Waals surface area contributed by atoms with Crippen LogP contribution in [0, 0.1) is 0 Å². The zero-order valence-corrected chi connectivity index (χ0v) is 37.4. The first-order valence-corrected chi connectivity index (χ1v) is 21.9. The van der Waals surface area contributed by atoms with E-state index in [2.05, 4.69) is 34.1 Å². The van der Waals surface area contributed by atoms with Crippen LogP contribution in [-0.4, -0.2) is 119 Å². The SMILES string of the molecule is C=CCOC(=O)N1c2cc(OCCCC(=O)Nc3cn(C)c(C(=O)Nc4ccc(-c5cc(C(=O)NCCCO)n(C)c5)cc4)n3)c(OC)cc2C(=O)N2CC(=C)C[C@H]2C1OC1CCCCO1. The van der Waals surface area contributed by atoms with Crippen molar-refractivity contribution >= 4 is 46.9 Å². The highest BCUT2D eigenvalue weighted by atomic mass is 16.7. The van der Waals surface area contributed by atoms with Crippen molar-refractivity contribution in [2.45, 2.75) is 63.5 Å². The van der Waals surface area contributed by atoms with Crippen molar-refractivity contribution in [2.24, 2.45) is 14.1 Å². The summed E-state index contributed by atoms with van der Waals surface area (Å²) in [5.74, 6) is -0.712. The van der Waals surface area contributed by atoms with Gasteiger partial charge in [0.1, 0.15) is 12.3 Å². The number of ether oxygens (including phenoxy) is 5. The molecule has 3 atom stereocenters. The maximum absolute atomic E-state index is 14.2. The molecule has 0 saturated carbocycles. The normalized spacial score (nSPS) is 17.9. The number of methoxy groups -OCH3 is 1. The van der Waals surface area contributed by atoms with Crippen molar-refractivity contribution < 1.29 is 52.8 Å². The highest BCUT2D eigenvalue weighted by molar-refractivity contribution is 6.06. The zero-order valence-electron chi connectivity index (χ0n) is 37.4. The summed E-state index contributed by atoms with van der Waals surface area (Å²) in [5.41, 5.74) is 3.85. The maximum Gasteiger partial charge on any atom is 0.416 e. The molecule has 2 aromatic heterocycles. The van der Waals surface area contributed by atoms with Crippen LogP contribution in [0.2, 0.25) is 0 Å². The Balaban J connectivity index is 0.975. The number of aromatic nitrogens is 3. The molecule has 19 nitrogen and oxygen atoms in total. The number of imidazole rings is 1. The molecule has 2 saturated heterocycles. The number of aryl methyl sites for hydroxylation is 2. The second-order valence-electron chi connectivity index (χ2n) is 16.2. The fourth-order valence-corrected chi connectivity index (χ4v) is 8.10. The van der Waals surface area contributed by atoms with E-state index in [0.29, 0.717) is 43.8 Å². The molecule has 0 radical (unpaired) electrons. The summed E-state index contributed by atoms with van der Waals surface area (Å²) in [5, 5.41) is 17.3. The van der Waals surface area contributed by atoms with Crippen LogP contribution in [0.4, 0.5) is 22.0 Å². The molecule has 4 N–H and O–H groups in total. The third-order valence-corrected chi connectivity index (χ3v) is 11.3. The second kappa shape index (κ2) is 21.4. The summed E-state index contributed by atoms with van der Waals surface area (Å²) in [6, 6.07) is 11.4. The van der Waals surface area contributed by atoms with Crippen LogP contribution in [0.3, 0.4) is 0 Å². The Morgan fingerprint density at radius 3 is 2.52 bits per heavy atom. The molecule has 2 aromatic carbocycles. The Labute approximate surface area is 382 Å². The molecule has 5 heterocycles. The number of aliphatic hydroxyl groups is 1. The molecule has 350 valence electrons. The molecule has 66 heavy (non-hydrogen) atoms. The lowest BCUT2D eigenvalue weighted by molar-refractivity contribution is -0.195. The number of fused-ring (bicyclic) bond motifs is 2. The van der Waals surface area contributed by atoms with Gasteiger partial charge >= 0.3 is 6.09 Å². The van der Waals surface area contributed by atoms with Gasteiger partial charge in [-0.2, -0.15) is 0 Å². The highest BCUT2D eigenvalue weighted by Crippen LogP contribution is 2.43. The summed E-state index contributed by atoms with van der Waals surface area (Å²) in [6.45, 7) is 8.95. The molecule has 2 unspecified atom stereocenters. The number of carbonyl (C=O) groups excluding carboxylic acids is 5. The maximum atomic E-state index is 14.2. The topological polar surface area (TPSA) is 217 Å². The number of hydrogen-bond acceptors (Lipinski definition) is 12. The first-order chi connectivity index (χ1) is 31.9. The van der Waals surface area contributed by atoms with Crippen LogP contribution in [0.25, 0.3) is 11.1 Å². The highest BCUT2D eigenvalue weighted by Gasteiger charge is 2.48. The van der Waals surface area contributed by atoms with Crippen molar-refractivity contribution in [1.82, 2.24) is 24.3 Å². The van der Waals surface area contributed by atoms with Crippen LogP contribution in [0.1, 0.15) is 76.4 Å². The third kappa shape index (κ3) is 10.8. The molecule has 4 aromatic rings. The average molecular weight is 909 g/mol. The van der Waals surface area contributed by atoms with Gasteiger partial charge in [0.15, 0.2) is 29.8 Å². The monoisotopic (exact) mass is 908 g/mol. The van der Waals surface area contributed by atoms with Gasteiger partial charge in [-0.25, -0.2) is 14.7 Å². The number of anilines is 3. The first-order valence-electron chi connectivity index (χ1n) is 21.9. The molecule has 2 fully saturated rings. The zero-order chi connectivity index (χ0) is 46.9. The fourth-order valence-electron chi connectivity index (χ4n) is 8.10. The molecule has 3 aliphatic heterocycles. The quantitative estimate of drug-likeness (QED) is 0.0732. The molecular formula is C47H56N8O11. The molecule has 0 spiro atoms. The van der Waals surface area contributed by atoms with E-state index in [-0.39, 0.29) is 91.3 Å². The number of rotatable bonds is 18. The summed E-state index contributed by atoms with van der Waals surface area (Å²) >= 11 is 0. The van der Waals surface area contributed by atoms with Gasteiger partial charge in [-0.1, -0.05) is 36.9 Å². The van der Waals surface area contributed by atoms with E-state index in [1.165, 1.54) is 34.9 Å². The van der Waals surface area contributed by atoms with E-state index in [1.54, 1.807) is 47.8 Å². The first kappa shape index (κ1) is 47.0. The average Bonchev–Trinajstić information content (AvgIpc) is 4.00. The lowest BCUT2D eigenvalue weighted by atomic mass is 10.1. The summed E-state index contributed by atoms with van der Waals surface area (Å²) in [4.78, 5) is 74.4. The minimum atomic E-state index is -0.981. The van der Waals surface area contributed by atoms with Crippen LogP contribution in [-0.2, 0) is 33.1 Å². The van der Waals surface area contributed by atoms with E-state index < -0.39 is 30.6 Å². The van der Waals surface area contributed by atoms with Crippen molar-refractivity contribution in [3.05, 3.63) is 96.7 Å². The summed E-state index contributed by atoms with van der Waals surface area (Å²) in [7, 11) is 4.86. The third-order valence-electron chi connectivity index (χ3n) is 11.3. The van der Waals surface area contributed by atoms with E-state index in [0.717, 1.165) is 29.5 Å². The predicted molar refractivity (Wildman–Crippen MR) is 243 cm³/mol. The second-order valence-corrected chi connectivity index (χ2v) is 16.2. The fraction of sp³-hybridized carbons (Fsp3) is 0.404. The van der Waals surface area contributed by atoms with Crippen molar-refractivity contribution in [3.63, 3.8) is 0 Å². The summed E-state index contributed by atoms with van der Waals surface area (Å²) in [6.07, 6.45) is 6.05. The van der Waals surface area contributed by atoms with Crippen molar-refractivity contribution in [3.8, 4) is 22.6 Å². The van der Waals surface area contributed by atoms with Gasteiger partial charge in [-0.05, 0) is 68.4 Å². The Bertz CT molecular complexity index is 2460. The number of amides is 5. The van der Waals surface area contributed by atoms with Gasteiger partial charge in [-0.3, -0.25) is 19.2 Å². The van der Waals surface area contributed by atoms with Gasteiger partial charge in [0, 0.05) is 76.5 Å². The van der Waals surface area contributed by atoms with Crippen molar-refractivity contribution in [1.29, 1.82) is 0 Å². The van der Waals surface area contributed by atoms with E-state index in [9.17, 15) is 24.0 Å². The molecule has 3 aliphatic rings.